The van der Waals surface area contributed by atoms with Crippen molar-refractivity contribution in [3.8, 4) is 0 Å². The number of fused-ring (bicyclic) bond motifs is 1. The number of anilines is 1. The molecule has 3 rings (SSSR count). The van der Waals surface area contributed by atoms with Gasteiger partial charge in [0.15, 0.2) is 0 Å². The van der Waals surface area contributed by atoms with Gasteiger partial charge in [-0.15, -0.1) is 0 Å². The average Bonchev–Trinajstić information content (AvgIpc) is 2.49. The first-order valence-electron chi connectivity index (χ1n) is 6.37. The van der Waals surface area contributed by atoms with E-state index in [0.29, 0.717) is 21.1 Å². The Balaban J connectivity index is 1.97. The molecule has 0 aliphatic carbocycles. The predicted molar refractivity (Wildman–Crippen MR) is 82.3 cm³/mol. The van der Waals surface area contributed by atoms with Crippen LogP contribution in [0.15, 0.2) is 52.3 Å². The van der Waals surface area contributed by atoms with Crippen LogP contribution in [0.25, 0.3) is 6.08 Å². The maximum atomic E-state index is 13.7. The Morgan fingerprint density at radius 3 is 2.73 bits per heavy atom. The highest BCUT2D eigenvalue weighted by Crippen LogP contribution is 2.39. The molecule has 1 heterocycles. The van der Waals surface area contributed by atoms with Gasteiger partial charge >= 0.3 is 5.97 Å². The summed E-state index contributed by atoms with van der Waals surface area (Å²) in [6.07, 6.45) is 1.48. The average molecular weight is 315 g/mol. The van der Waals surface area contributed by atoms with Crippen LogP contribution in [0.3, 0.4) is 0 Å². The summed E-state index contributed by atoms with van der Waals surface area (Å²) in [5, 5.41) is 11.6. The molecule has 6 heteroatoms. The molecular weight excluding hydrogens is 305 g/mol. The molecule has 0 bridgehead atoms. The van der Waals surface area contributed by atoms with Crippen molar-refractivity contribution < 1.29 is 19.1 Å². The molecule has 2 N–H and O–H groups in total. The van der Waals surface area contributed by atoms with Gasteiger partial charge in [-0.3, -0.25) is 4.79 Å². The number of halogens is 1. The molecule has 2 aromatic carbocycles. The van der Waals surface area contributed by atoms with E-state index in [9.17, 15) is 14.0 Å². The van der Waals surface area contributed by atoms with Crippen LogP contribution in [0.2, 0.25) is 0 Å². The van der Waals surface area contributed by atoms with E-state index in [0.717, 1.165) is 0 Å². The minimum Gasteiger partial charge on any atom is -0.478 e. The van der Waals surface area contributed by atoms with Crippen LogP contribution in [-0.4, -0.2) is 17.0 Å². The van der Waals surface area contributed by atoms with E-state index < -0.39 is 11.8 Å². The van der Waals surface area contributed by atoms with E-state index in [1.54, 1.807) is 24.3 Å². The lowest BCUT2D eigenvalue weighted by Gasteiger charge is -2.19. The number of hydrogen-bond acceptors (Lipinski definition) is 3. The SMILES string of the molecule is O=C1Nc2cc(C(=O)O)ccc2SC1=Cc1ccccc1F. The van der Waals surface area contributed by atoms with Gasteiger partial charge in [-0.1, -0.05) is 30.0 Å². The van der Waals surface area contributed by atoms with Crippen molar-refractivity contribution in [1.82, 2.24) is 0 Å². The number of aromatic carboxylic acids is 1. The molecule has 0 aromatic heterocycles. The van der Waals surface area contributed by atoms with Crippen LogP contribution in [0, 0.1) is 5.82 Å². The second-order valence-corrected chi connectivity index (χ2v) is 5.69. The third kappa shape index (κ3) is 2.73. The number of nitrogens with one attached hydrogen (secondary N) is 1. The van der Waals surface area contributed by atoms with Crippen molar-refractivity contribution in [2.24, 2.45) is 0 Å². The number of thioether (sulfide) groups is 1. The Bertz CT molecular complexity index is 817. The normalized spacial score (nSPS) is 15.3. The fourth-order valence-electron chi connectivity index (χ4n) is 2.03. The second-order valence-electron chi connectivity index (χ2n) is 4.60. The topological polar surface area (TPSA) is 66.4 Å². The van der Waals surface area contributed by atoms with E-state index in [1.807, 2.05) is 0 Å². The van der Waals surface area contributed by atoms with E-state index in [4.69, 9.17) is 5.11 Å². The summed E-state index contributed by atoms with van der Waals surface area (Å²) >= 11 is 1.18. The standard InChI is InChI=1S/C16H10FNO3S/c17-11-4-2-1-3-9(11)8-14-15(19)18-12-7-10(16(20)21)5-6-13(12)22-14/h1-8H,(H,18,19)(H,20,21). The molecule has 0 saturated heterocycles. The maximum Gasteiger partial charge on any atom is 0.335 e. The number of carbonyl (C=O) groups is 2. The molecule has 1 aliphatic heterocycles. The molecule has 1 amide bonds. The van der Waals surface area contributed by atoms with E-state index in [-0.39, 0.29) is 11.5 Å². The highest BCUT2D eigenvalue weighted by Gasteiger charge is 2.22. The van der Waals surface area contributed by atoms with E-state index >= 15 is 0 Å². The first kappa shape index (κ1) is 14.3. The largest absolute Gasteiger partial charge is 0.478 e. The number of rotatable bonds is 2. The van der Waals surface area contributed by atoms with Gasteiger partial charge in [-0.25, -0.2) is 9.18 Å². The molecule has 4 nitrogen and oxygen atoms in total. The zero-order valence-electron chi connectivity index (χ0n) is 11.2. The maximum absolute atomic E-state index is 13.7. The summed E-state index contributed by atoms with van der Waals surface area (Å²) in [6, 6.07) is 10.7. The summed E-state index contributed by atoms with van der Waals surface area (Å²) in [6.45, 7) is 0. The highest BCUT2D eigenvalue weighted by atomic mass is 32.2. The van der Waals surface area contributed by atoms with Crippen molar-refractivity contribution in [1.29, 1.82) is 0 Å². The van der Waals surface area contributed by atoms with Gasteiger partial charge in [0.05, 0.1) is 16.2 Å². The predicted octanol–water partition coefficient (Wildman–Crippen LogP) is 3.61. The minimum absolute atomic E-state index is 0.0983. The summed E-state index contributed by atoms with van der Waals surface area (Å²) in [5.74, 6) is -1.85. The number of carboxylic acid groups (broad SMARTS) is 1. The second kappa shape index (κ2) is 5.65. The molecule has 1 aliphatic rings. The summed E-state index contributed by atoms with van der Waals surface area (Å²) in [7, 11) is 0. The lowest BCUT2D eigenvalue weighted by molar-refractivity contribution is -0.112. The Labute approximate surface area is 129 Å². The van der Waals surface area contributed by atoms with Crippen LogP contribution < -0.4 is 5.32 Å². The van der Waals surface area contributed by atoms with Crippen molar-refractivity contribution in [2.45, 2.75) is 4.90 Å². The Hall–Kier alpha value is -2.60. The zero-order chi connectivity index (χ0) is 15.7. The first-order chi connectivity index (χ1) is 10.5. The molecule has 0 fully saturated rings. The molecule has 0 unspecified atom stereocenters. The third-order valence-electron chi connectivity index (χ3n) is 3.11. The monoisotopic (exact) mass is 315 g/mol. The fraction of sp³-hybridized carbons (Fsp3) is 0. The van der Waals surface area contributed by atoms with Gasteiger partial charge in [0.25, 0.3) is 5.91 Å². The van der Waals surface area contributed by atoms with E-state index in [1.165, 1.54) is 36.0 Å². The fourth-order valence-corrected chi connectivity index (χ4v) is 2.95. The Kier molecular flexibility index (Phi) is 3.68. The van der Waals surface area contributed by atoms with Crippen molar-refractivity contribution in [3.63, 3.8) is 0 Å². The number of carbonyl (C=O) groups excluding carboxylic acids is 1. The molecule has 0 radical (unpaired) electrons. The van der Waals surface area contributed by atoms with E-state index in [2.05, 4.69) is 5.32 Å². The van der Waals surface area contributed by atoms with Crippen LogP contribution in [0.1, 0.15) is 15.9 Å². The lowest BCUT2D eigenvalue weighted by Crippen LogP contribution is -2.17. The Morgan fingerprint density at radius 2 is 2.00 bits per heavy atom. The lowest BCUT2D eigenvalue weighted by atomic mass is 10.2. The van der Waals surface area contributed by atoms with Gasteiger partial charge in [0.2, 0.25) is 0 Å². The summed E-state index contributed by atoms with van der Waals surface area (Å²) in [5.41, 5.74) is 0.868. The quantitative estimate of drug-likeness (QED) is 0.831. The molecule has 0 spiro atoms. The number of benzene rings is 2. The van der Waals surface area contributed by atoms with Gasteiger partial charge < -0.3 is 10.4 Å². The minimum atomic E-state index is -1.06. The van der Waals surface area contributed by atoms with Crippen LogP contribution >= 0.6 is 11.8 Å². The first-order valence-corrected chi connectivity index (χ1v) is 7.19. The molecule has 110 valence electrons. The van der Waals surface area contributed by atoms with Crippen molar-refractivity contribution in [2.75, 3.05) is 5.32 Å². The highest BCUT2D eigenvalue weighted by molar-refractivity contribution is 8.04. The molecular formula is C16H10FNO3S. The van der Waals surface area contributed by atoms with Crippen molar-refractivity contribution in [3.05, 3.63) is 64.3 Å². The smallest absolute Gasteiger partial charge is 0.335 e. The van der Waals surface area contributed by atoms with Crippen LogP contribution in [0.5, 0.6) is 0 Å². The molecule has 22 heavy (non-hydrogen) atoms. The molecule has 2 aromatic rings. The molecule has 0 atom stereocenters. The number of amides is 1. The Morgan fingerprint density at radius 1 is 1.23 bits per heavy atom. The van der Waals surface area contributed by atoms with Gasteiger partial charge in [-0.2, -0.15) is 0 Å². The third-order valence-corrected chi connectivity index (χ3v) is 4.21. The summed E-state index contributed by atoms with van der Waals surface area (Å²) in [4.78, 5) is 24.1. The van der Waals surface area contributed by atoms with Gasteiger partial charge in [-0.05, 0) is 30.3 Å². The zero-order valence-corrected chi connectivity index (χ0v) is 12.0. The van der Waals surface area contributed by atoms with Gasteiger partial charge in [0.1, 0.15) is 5.82 Å². The number of carboxylic acids is 1. The van der Waals surface area contributed by atoms with Crippen LogP contribution in [0.4, 0.5) is 10.1 Å². The number of hydrogen-bond donors (Lipinski definition) is 2. The van der Waals surface area contributed by atoms with Crippen LogP contribution in [-0.2, 0) is 4.79 Å². The van der Waals surface area contributed by atoms with Crippen molar-refractivity contribution >= 4 is 35.4 Å². The van der Waals surface area contributed by atoms with Gasteiger partial charge in [0, 0.05) is 10.5 Å². The molecule has 0 saturated carbocycles. The summed E-state index contributed by atoms with van der Waals surface area (Å²) < 4.78 is 13.7.